The second-order valence-electron chi connectivity index (χ2n) is 6.94. The number of hydrogen-bond acceptors (Lipinski definition) is 4. The molecular formula is C21H21N5O3. The van der Waals surface area contributed by atoms with E-state index in [9.17, 15) is 14.4 Å². The third kappa shape index (κ3) is 3.96. The monoisotopic (exact) mass is 391 g/mol. The molecule has 1 aromatic carbocycles. The van der Waals surface area contributed by atoms with Crippen molar-refractivity contribution in [3.8, 4) is 0 Å². The van der Waals surface area contributed by atoms with Crippen LogP contribution in [0.25, 0.3) is 5.52 Å². The summed E-state index contributed by atoms with van der Waals surface area (Å²) in [6.07, 6.45) is 2.50. The smallest absolute Gasteiger partial charge is 0.319 e. The fourth-order valence-electron chi connectivity index (χ4n) is 3.41. The van der Waals surface area contributed by atoms with Crippen LogP contribution in [0, 0.1) is 6.92 Å². The number of imide groups is 1. The Morgan fingerprint density at radius 3 is 2.52 bits per heavy atom. The van der Waals surface area contributed by atoms with Gasteiger partial charge in [-0.2, -0.15) is 0 Å². The number of aromatic nitrogens is 2. The first kappa shape index (κ1) is 18.7. The van der Waals surface area contributed by atoms with Crippen LogP contribution in [0.15, 0.2) is 48.7 Å². The maximum Gasteiger partial charge on any atom is 0.319 e. The highest BCUT2D eigenvalue weighted by Gasteiger charge is 2.28. The number of likely N-dealkylation sites (tertiary alicyclic amines) is 1. The molecule has 0 spiro atoms. The molecule has 0 bridgehead atoms. The Kier molecular flexibility index (Phi) is 4.99. The fraction of sp³-hybridized carbons (Fsp3) is 0.238. The van der Waals surface area contributed by atoms with Gasteiger partial charge in [-0.3, -0.25) is 14.5 Å². The van der Waals surface area contributed by atoms with Gasteiger partial charge in [0.1, 0.15) is 5.82 Å². The van der Waals surface area contributed by atoms with Crippen molar-refractivity contribution in [2.45, 2.75) is 32.9 Å². The average Bonchev–Trinajstić information content (AvgIpc) is 3.22. The van der Waals surface area contributed by atoms with Gasteiger partial charge in [-0.1, -0.05) is 18.2 Å². The van der Waals surface area contributed by atoms with Crippen LogP contribution in [0.5, 0.6) is 0 Å². The van der Waals surface area contributed by atoms with Crippen molar-refractivity contribution in [1.82, 2.24) is 19.6 Å². The first-order valence-corrected chi connectivity index (χ1v) is 9.41. The van der Waals surface area contributed by atoms with E-state index in [2.05, 4.69) is 15.6 Å². The molecule has 2 aromatic heterocycles. The van der Waals surface area contributed by atoms with Crippen LogP contribution in [0.4, 0.5) is 10.5 Å². The number of benzene rings is 1. The van der Waals surface area contributed by atoms with E-state index in [1.165, 1.54) is 4.90 Å². The molecule has 1 saturated heterocycles. The van der Waals surface area contributed by atoms with E-state index in [1.54, 1.807) is 24.3 Å². The number of nitrogens with zero attached hydrogens (tertiary/aromatic N) is 3. The number of urea groups is 1. The summed E-state index contributed by atoms with van der Waals surface area (Å²) in [6, 6.07) is 12.6. The molecule has 0 radical (unpaired) electrons. The molecule has 0 unspecified atom stereocenters. The zero-order chi connectivity index (χ0) is 20.4. The van der Waals surface area contributed by atoms with E-state index < -0.39 is 0 Å². The molecule has 4 rings (SSSR count). The Bertz CT molecular complexity index is 1070. The van der Waals surface area contributed by atoms with Crippen LogP contribution in [0.2, 0.25) is 0 Å². The van der Waals surface area contributed by atoms with Crippen LogP contribution >= 0.6 is 0 Å². The van der Waals surface area contributed by atoms with Gasteiger partial charge < -0.3 is 15.0 Å². The molecule has 1 aliphatic heterocycles. The van der Waals surface area contributed by atoms with Gasteiger partial charge >= 0.3 is 6.03 Å². The van der Waals surface area contributed by atoms with Crippen molar-refractivity contribution in [1.29, 1.82) is 0 Å². The zero-order valence-electron chi connectivity index (χ0n) is 16.0. The second kappa shape index (κ2) is 7.75. The number of aryl methyl sites for hydroxylation is 1. The lowest BCUT2D eigenvalue weighted by Gasteiger charge is -2.14. The number of imidazole rings is 1. The number of hydrogen-bond donors (Lipinski definition) is 2. The predicted molar refractivity (Wildman–Crippen MR) is 107 cm³/mol. The van der Waals surface area contributed by atoms with E-state index in [1.807, 2.05) is 35.7 Å². The van der Waals surface area contributed by atoms with E-state index in [-0.39, 0.29) is 37.2 Å². The molecule has 0 atom stereocenters. The summed E-state index contributed by atoms with van der Waals surface area (Å²) in [5.41, 5.74) is 3.21. The largest absolute Gasteiger partial charge is 0.332 e. The quantitative estimate of drug-likeness (QED) is 0.654. The molecule has 8 nitrogen and oxygen atoms in total. The molecule has 4 amide bonds. The average molecular weight is 391 g/mol. The number of carbonyl (C=O) groups is 3. The summed E-state index contributed by atoms with van der Waals surface area (Å²) in [5, 5.41) is 5.59. The van der Waals surface area contributed by atoms with Crippen molar-refractivity contribution in [3.63, 3.8) is 0 Å². The molecule has 2 N–H and O–H groups in total. The summed E-state index contributed by atoms with van der Waals surface area (Å²) in [7, 11) is 0. The second-order valence-corrected chi connectivity index (χ2v) is 6.94. The number of pyridine rings is 1. The SMILES string of the molecule is Cc1nc(CNC(=O)Nc2ccc(CN3C(=O)CCC3=O)cc2)c2ccccn12. The van der Waals surface area contributed by atoms with Gasteiger partial charge in [0.2, 0.25) is 11.8 Å². The molecule has 1 fully saturated rings. The third-order valence-corrected chi connectivity index (χ3v) is 4.92. The molecule has 3 aromatic rings. The third-order valence-electron chi connectivity index (χ3n) is 4.92. The Balaban J connectivity index is 1.33. The van der Waals surface area contributed by atoms with E-state index in [0.29, 0.717) is 12.2 Å². The molecule has 3 heterocycles. The minimum Gasteiger partial charge on any atom is -0.332 e. The molecule has 1 aliphatic rings. The van der Waals surface area contributed by atoms with Gasteiger partial charge in [0.25, 0.3) is 0 Å². The lowest BCUT2D eigenvalue weighted by Crippen LogP contribution is -2.29. The van der Waals surface area contributed by atoms with Gasteiger partial charge in [-0.25, -0.2) is 9.78 Å². The molecule has 0 saturated carbocycles. The summed E-state index contributed by atoms with van der Waals surface area (Å²) in [5.74, 6) is 0.584. The maximum absolute atomic E-state index is 12.2. The van der Waals surface area contributed by atoms with Gasteiger partial charge in [0, 0.05) is 24.7 Å². The Labute approximate surface area is 167 Å². The summed E-state index contributed by atoms with van der Waals surface area (Å²) in [4.78, 5) is 41.4. The zero-order valence-corrected chi connectivity index (χ0v) is 16.0. The highest BCUT2D eigenvalue weighted by molar-refractivity contribution is 6.01. The van der Waals surface area contributed by atoms with Crippen molar-refractivity contribution >= 4 is 29.0 Å². The van der Waals surface area contributed by atoms with E-state index in [0.717, 1.165) is 22.6 Å². The highest BCUT2D eigenvalue weighted by Crippen LogP contribution is 2.17. The van der Waals surface area contributed by atoms with Crippen molar-refractivity contribution in [2.24, 2.45) is 0 Å². The summed E-state index contributed by atoms with van der Waals surface area (Å²) < 4.78 is 1.98. The first-order valence-electron chi connectivity index (χ1n) is 9.41. The van der Waals surface area contributed by atoms with E-state index >= 15 is 0 Å². The van der Waals surface area contributed by atoms with Gasteiger partial charge in [-0.05, 0) is 36.8 Å². The van der Waals surface area contributed by atoms with Crippen LogP contribution in [0.1, 0.15) is 29.9 Å². The molecule has 148 valence electrons. The van der Waals surface area contributed by atoms with Gasteiger partial charge in [0.05, 0.1) is 24.3 Å². The lowest BCUT2D eigenvalue weighted by molar-refractivity contribution is -0.139. The van der Waals surface area contributed by atoms with E-state index in [4.69, 9.17) is 0 Å². The van der Waals surface area contributed by atoms with Crippen LogP contribution in [-0.4, -0.2) is 32.1 Å². The van der Waals surface area contributed by atoms with Crippen LogP contribution in [-0.2, 0) is 22.7 Å². The normalized spacial score (nSPS) is 13.9. The van der Waals surface area contributed by atoms with Crippen LogP contribution in [0.3, 0.4) is 0 Å². The Hall–Kier alpha value is -3.68. The Morgan fingerprint density at radius 2 is 1.79 bits per heavy atom. The predicted octanol–water partition coefficient (Wildman–Crippen LogP) is 2.61. The highest BCUT2D eigenvalue weighted by atomic mass is 16.2. The van der Waals surface area contributed by atoms with Gasteiger partial charge in [-0.15, -0.1) is 0 Å². The summed E-state index contributed by atoms with van der Waals surface area (Å²) in [6.45, 7) is 2.49. The van der Waals surface area contributed by atoms with Crippen molar-refractivity contribution in [2.75, 3.05) is 5.32 Å². The number of fused-ring (bicyclic) bond motifs is 1. The standard InChI is InChI=1S/C21H21N5O3/c1-14-23-17(18-4-2-3-11-25(14)18)12-22-21(29)24-16-7-5-15(6-8-16)13-26-19(27)9-10-20(26)28/h2-8,11H,9-10,12-13H2,1H3,(H2,22,24,29). The Morgan fingerprint density at radius 1 is 1.07 bits per heavy atom. The van der Waals surface area contributed by atoms with Gasteiger partial charge in [0.15, 0.2) is 0 Å². The molecular weight excluding hydrogens is 370 g/mol. The van der Waals surface area contributed by atoms with Crippen LogP contribution < -0.4 is 10.6 Å². The molecule has 29 heavy (non-hydrogen) atoms. The maximum atomic E-state index is 12.2. The molecule has 8 heteroatoms. The number of anilines is 1. The van der Waals surface area contributed by atoms with Crippen molar-refractivity contribution in [3.05, 3.63) is 65.7 Å². The van der Waals surface area contributed by atoms with Crippen molar-refractivity contribution < 1.29 is 14.4 Å². The summed E-state index contributed by atoms with van der Waals surface area (Å²) >= 11 is 0. The minimum atomic E-state index is -0.336. The fourth-order valence-corrected chi connectivity index (χ4v) is 3.41. The molecule has 0 aliphatic carbocycles. The number of nitrogens with one attached hydrogen (secondary N) is 2. The number of carbonyl (C=O) groups excluding carboxylic acids is 3. The number of amides is 4. The first-order chi connectivity index (χ1) is 14.0. The number of rotatable bonds is 5. The topological polar surface area (TPSA) is 95.8 Å². The lowest BCUT2D eigenvalue weighted by atomic mass is 10.2. The minimum absolute atomic E-state index is 0.140.